The largest absolute Gasteiger partial charge is 0.310 e. The highest BCUT2D eigenvalue weighted by Crippen LogP contribution is 2.47. The first-order valence-corrected chi connectivity index (χ1v) is 22.3. The summed E-state index contributed by atoms with van der Waals surface area (Å²) in [5.74, 6) is 0. The second kappa shape index (κ2) is 16.2. The Bertz CT molecular complexity index is 3480. The van der Waals surface area contributed by atoms with Crippen molar-refractivity contribution in [2.24, 2.45) is 0 Å². The quantitative estimate of drug-likeness (QED) is 0.134. The van der Waals surface area contributed by atoms with Gasteiger partial charge in [-0.05, 0) is 135 Å². The highest BCUT2D eigenvalue weighted by Gasteiger charge is 2.23. The van der Waals surface area contributed by atoms with Gasteiger partial charge in [-0.15, -0.1) is 0 Å². The molecule has 306 valence electrons. The minimum Gasteiger partial charge on any atom is -0.310 e. The lowest BCUT2D eigenvalue weighted by atomic mass is 9.96. The summed E-state index contributed by atoms with van der Waals surface area (Å²) in [5, 5.41) is 12.0. The van der Waals surface area contributed by atoms with Gasteiger partial charge in [-0.3, -0.25) is 0 Å². The van der Waals surface area contributed by atoms with Gasteiger partial charge in [0.25, 0.3) is 0 Å². The fraction of sp³-hybridized carbons (Fsp3) is 0. The van der Waals surface area contributed by atoms with Gasteiger partial charge in [-0.1, -0.05) is 158 Å². The van der Waals surface area contributed by atoms with E-state index in [0.717, 1.165) is 51.2 Å². The average molecular weight is 830 g/mol. The first-order chi connectivity index (χ1) is 32.2. The lowest BCUT2D eigenvalue weighted by Crippen LogP contribution is -2.14. The zero-order chi connectivity index (χ0) is 43.1. The van der Waals surface area contributed by atoms with E-state index in [1.54, 1.807) is 0 Å². The van der Waals surface area contributed by atoms with Gasteiger partial charge < -0.3 is 14.7 Å². The molecule has 3 heteroatoms. The molecule has 0 atom stereocenters. The standard InChI is InChI=1S/C62H43N3/c1-3-24-50(25-4-1)63(60-31-15-22-44-17-9-12-28-56(44)60)52-33-37-54(38-34-52)65(62-58-30-14-11-21-48(58)42-49-41-46-19-7-8-20-47(46)43-59(49)62)55-39-35-53(36-40-55)64(51-26-5-2-6-27-51)61-32-16-23-45-18-10-13-29-57(45)61/h1-43H. The molecule has 12 rings (SSSR count). The summed E-state index contributed by atoms with van der Waals surface area (Å²) >= 11 is 0. The van der Waals surface area contributed by atoms with Crippen LogP contribution in [0.4, 0.5) is 51.2 Å². The van der Waals surface area contributed by atoms with Gasteiger partial charge in [-0.25, -0.2) is 0 Å². The van der Waals surface area contributed by atoms with E-state index in [4.69, 9.17) is 0 Å². The minimum atomic E-state index is 1.06. The molecule has 0 unspecified atom stereocenters. The predicted molar refractivity (Wildman–Crippen MR) is 278 cm³/mol. The Hall–Kier alpha value is -8.66. The second-order valence-electron chi connectivity index (χ2n) is 16.6. The first kappa shape index (κ1) is 38.0. The van der Waals surface area contributed by atoms with E-state index in [1.165, 1.54) is 53.9 Å². The molecule has 0 fully saturated rings. The molecule has 12 aromatic carbocycles. The third-order valence-electron chi connectivity index (χ3n) is 12.7. The molecule has 65 heavy (non-hydrogen) atoms. The van der Waals surface area contributed by atoms with Crippen LogP contribution < -0.4 is 14.7 Å². The molecule has 12 aromatic rings. The predicted octanol–water partition coefficient (Wildman–Crippen LogP) is 17.9. The van der Waals surface area contributed by atoms with Crippen LogP contribution in [-0.2, 0) is 0 Å². The monoisotopic (exact) mass is 829 g/mol. The van der Waals surface area contributed by atoms with E-state index in [2.05, 4.69) is 276 Å². The van der Waals surface area contributed by atoms with E-state index >= 15 is 0 Å². The average Bonchev–Trinajstić information content (AvgIpc) is 3.37. The molecule has 3 nitrogen and oxygen atoms in total. The van der Waals surface area contributed by atoms with E-state index in [1.807, 2.05) is 0 Å². The van der Waals surface area contributed by atoms with Crippen LogP contribution in [-0.4, -0.2) is 0 Å². The van der Waals surface area contributed by atoms with Crippen molar-refractivity contribution in [3.8, 4) is 0 Å². The highest BCUT2D eigenvalue weighted by molar-refractivity contribution is 6.17. The summed E-state index contributed by atoms with van der Waals surface area (Å²) in [6, 6.07) is 94.5. The van der Waals surface area contributed by atoms with Gasteiger partial charge in [0.2, 0.25) is 0 Å². The van der Waals surface area contributed by atoms with Gasteiger partial charge in [0.15, 0.2) is 0 Å². The normalized spacial score (nSPS) is 11.4. The maximum Gasteiger partial charge on any atom is 0.0618 e. The van der Waals surface area contributed by atoms with Crippen LogP contribution in [0, 0.1) is 0 Å². The Kier molecular flexibility index (Phi) is 9.50. The van der Waals surface area contributed by atoms with E-state index in [-0.39, 0.29) is 0 Å². The lowest BCUT2D eigenvalue weighted by Gasteiger charge is -2.31. The third-order valence-corrected chi connectivity index (χ3v) is 12.7. The summed E-state index contributed by atoms with van der Waals surface area (Å²) in [7, 11) is 0. The zero-order valence-electron chi connectivity index (χ0n) is 35.7. The van der Waals surface area contributed by atoms with Gasteiger partial charge in [0.1, 0.15) is 0 Å². The molecule has 0 aliphatic carbocycles. The number of hydrogen-bond acceptors (Lipinski definition) is 3. The number of nitrogens with zero attached hydrogens (tertiary/aromatic N) is 3. The summed E-state index contributed by atoms with van der Waals surface area (Å²) in [5.41, 5.74) is 9.90. The molecule has 0 aromatic heterocycles. The lowest BCUT2D eigenvalue weighted by molar-refractivity contribution is 1.26. The van der Waals surface area contributed by atoms with E-state index in [0.29, 0.717) is 0 Å². The Morgan fingerprint density at radius 3 is 1.02 bits per heavy atom. The number of benzene rings is 12. The van der Waals surface area contributed by atoms with Crippen LogP contribution in [0.3, 0.4) is 0 Å². The second-order valence-corrected chi connectivity index (χ2v) is 16.6. The van der Waals surface area contributed by atoms with Crippen molar-refractivity contribution in [2.45, 2.75) is 0 Å². The van der Waals surface area contributed by atoms with Crippen molar-refractivity contribution in [1.29, 1.82) is 0 Å². The third kappa shape index (κ3) is 6.87. The van der Waals surface area contributed by atoms with Gasteiger partial charge in [-0.2, -0.15) is 0 Å². The summed E-state index contributed by atoms with van der Waals surface area (Å²) in [6.45, 7) is 0. The Morgan fingerprint density at radius 2 is 0.523 bits per heavy atom. The Labute approximate surface area is 378 Å². The van der Waals surface area contributed by atoms with Crippen molar-refractivity contribution >= 4 is 105 Å². The fourth-order valence-corrected chi connectivity index (χ4v) is 9.70. The summed E-state index contributed by atoms with van der Waals surface area (Å²) in [4.78, 5) is 7.20. The van der Waals surface area contributed by atoms with Crippen LogP contribution in [0.15, 0.2) is 261 Å². The molecule has 0 heterocycles. The van der Waals surface area contributed by atoms with Crippen molar-refractivity contribution in [3.05, 3.63) is 261 Å². The molecular formula is C62H43N3. The Morgan fingerprint density at radius 1 is 0.185 bits per heavy atom. The van der Waals surface area contributed by atoms with Crippen LogP contribution >= 0.6 is 0 Å². The fourth-order valence-electron chi connectivity index (χ4n) is 9.70. The van der Waals surface area contributed by atoms with E-state index < -0.39 is 0 Å². The number of rotatable bonds is 9. The molecule has 0 saturated carbocycles. The molecule has 0 saturated heterocycles. The van der Waals surface area contributed by atoms with Gasteiger partial charge in [0, 0.05) is 55.7 Å². The molecule has 0 spiro atoms. The van der Waals surface area contributed by atoms with Crippen LogP contribution in [0.2, 0.25) is 0 Å². The molecular weight excluding hydrogens is 787 g/mol. The molecule has 0 aliphatic heterocycles. The number of anilines is 9. The maximum absolute atomic E-state index is 2.46. The highest BCUT2D eigenvalue weighted by atomic mass is 15.2. The van der Waals surface area contributed by atoms with Gasteiger partial charge >= 0.3 is 0 Å². The molecule has 0 amide bonds. The van der Waals surface area contributed by atoms with Gasteiger partial charge in [0.05, 0.1) is 17.1 Å². The number of hydrogen-bond donors (Lipinski definition) is 0. The number of para-hydroxylation sites is 2. The number of fused-ring (bicyclic) bond motifs is 5. The van der Waals surface area contributed by atoms with Crippen molar-refractivity contribution < 1.29 is 0 Å². The molecule has 0 N–H and O–H groups in total. The molecule has 0 bridgehead atoms. The van der Waals surface area contributed by atoms with Crippen molar-refractivity contribution in [1.82, 2.24) is 0 Å². The van der Waals surface area contributed by atoms with Crippen molar-refractivity contribution in [3.63, 3.8) is 0 Å². The zero-order valence-corrected chi connectivity index (χ0v) is 35.7. The minimum absolute atomic E-state index is 1.06. The summed E-state index contributed by atoms with van der Waals surface area (Å²) in [6.07, 6.45) is 0. The molecule has 0 radical (unpaired) electrons. The van der Waals surface area contributed by atoms with Crippen LogP contribution in [0.1, 0.15) is 0 Å². The topological polar surface area (TPSA) is 9.72 Å². The summed E-state index contributed by atoms with van der Waals surface area (Å²) < 4.78 is 0. The Balaban J connectivity index is 1.06. The molecule has 0 aliphatic rings. The SMILES string of the molecule is c1ccc(N(c2ccc(N(c3ccc(N(c4ccccc4)c4cccc5ccccc45)cc3)c3c4ccccc4cc4cc5ccccc5cc34)cc2)c2cccc3ccccc23)cc1. The smallest absolute Gasteiger partial charge is 0.0618 e. The van der Waals surface area contributed by atoms with Crippen LogP contribution in [0.25, 0.3) is 53.9 Å². The first-order valence-electron chi connectivity index (χ1n) is 22.3. The van der Waals surface area contributed by atoms with Crippen molar-refractivity contribution in [2.75, 3.05) is 14.7 Å². The van der Waals surface area contributed by atoms with E-state index in [9.17, 15) is 0 Å². The van der Waals surface area contributed by atoms with Crippen LogP contribution in [0.5, 0.6) is 0 Å². The maximum atomic E-state index is 2.46.